The highest BCUT2D eigenvalue weighted by Gasteiger charge is 2.15. The van der Waals surface area contributed by atoms with Gasteiger partial charge in [0.15, 0.2) is 0 Å². The fraction of sp³-hybridized carbons (Fsp3) is 0.667. The van der Waals surface area contributed by atoms with Crippen LogP contribution < -0.4 is 10.2 Å². The van der Waals surface area contributed by atoms with Crippen molar-refractivity contribution < 1.29 is 0 Å². The van der Waals surface area contributed by atoms with Crippen LogP contribution >= 0.6 is 11.6 Å². The van der Waals surface area contributed by atoms with Gasteiger partial charge in [-0.1, -0.05) is 25.4 Å². The van der Waals surface area contributed by atoms with E-state index >= 15 is 0 Å². The molecule has 0 unspecified atom stereocenters. The number of pyridine rings is 1. The Morgan fingerprint density at radius 2 is 2.10 bits per heavy atom. The van der Waals surface area contributed by atoms with Crippen molar-refractivity contribution in [3.63, 3.8) is 0 Å². The van der Waals surface area contributed by atoms with E-state index in [1.165, 1.54) is 6.42 Å². The number of rotatable bonds is 4. The van der Waals surface area contributed by atoms with Crippen molar-refractivity contribution in [1.29, 1.82) is 0 Å². The first-order valence-electron chi connectivity index (χ1n) is 7.37. The molecule has 1 saturated heterocycles. The van der Waals surface area contributed by atoms with E-state index in [1.54, 1.807) is 6.20 Å². The fourth-order valence-electron chi connectivity index (χ4n) is 2.37. The molecule has 0 atom stereocenters. The molecule has 0 aliphatic carbocycles. The highest BCUT2D eigenvalue weighted by molar-refractivity contribution is 6.31. The summed E-state index contributed by atoms with van der Waals surface area (Å²) in [6.07, 6.45) is 2.96. The van der Waals surface area contributed by atoms with Gasteiger partial charge in [0.25, 0.3) is 0 Å². The van der Waals surface area contributed by atoms with E-state index in [4.69, 9.17) is 11.6 Å². The van der Waals surface area contributed by atoms with Crippen LogP contribution in [0.15, 0.2) is 12.3 Å². The van der Waals surface area contributed by atoms with Gasteiger partial charge in [-0.3, -0.25) is 0 Å². The van der Waals surface area contributed by atoms with Crippen LogP contribution in [0.4, 0.5) is 5.82 Å². The predicted molar refractivity (Wildman–Crippen MR) is 85.5 cm³/mol. The third kappa shape index (κ3) is 4.33. The summed E-state index contributed by atoms with van der Waals surface area (Å²) >= 11 is 6.24. The van der Waals surface area contributed by atoms with Crippen LogP contribution in [0.25, 0.3) is 0 Å². The largest absolute Gasteiger partial charge is 0.355 e. The third-order valence-electron chi connectivity index (χ3n) is 3.66. The molecular formula is C15H25ClN4. The molecule has 1 aliphatic rings. The molecule has 0 aromatic carbocycles. The Balaban J connectivity index is 2.09. The van der Waals surface area contributed by atoms with Gasteiger partial charge in [-0.05, 0) is 31.6 Å². The molecule has 2 heterocycles. The van der Waals surface area contributed by atoms with Crippen molar-refractivity contribution in [2.24, 2.45) is 0 Å². The highest BCUT2D eigenvalue weighted by Crippen LogP contribution is 2.21. The van der Waals surface area contributed by atoms with E-state index in [-0.39, 0.29) is 0 Å². The van der Waals surface area contributed by atoms with Crippen molar-refractivity contribution in [1.82, 2.24) is 15.2 Å². The molecule has 1 aliphatic heterocycles. The minimum atomic E-state index is 0.453. The van der Waals surface area contributed by atoms with Crippen molar-refractivity contribution in [3.8, 4) is 0 Å². The molecule has 0 saturated carbocycles. The van der Waals surface area contributed by atoms with Crippen LogP contribution in [-0.4, -0.2) is 49.2 Å². The summed E-state index contributed by atoms with van der Waals surface area (Å²) in [5, 5.41) is 4.16. The first kappa shape index (κ1) is 15.5. The monoisotopic (exact) mass is 296 g/mol. The van der Waals surface area contributed by atoms with Gasteiger partial charge >= 0.3 is 0 Å². The van der Waals surface area contributed by atoms with Crippen LogP contribution in [-0.2, 0) is 6.54 Å². The molecule has 0 amide bonds. The molecule has 2 rings (SSSR count). The van der Waals surface area contributed by atoms with Crippen LogP contribution in [0.5, 0.6) is 0 Å². The molecule has 1 N–H and O–H groups in total. The van der Waals surface area contributed by atoms with Gasteiger partial charge in [-0.25, -0.2) is 4.98 Å². The lowest BCUT2D eigenvalue weighted by molar-refractivity contribution is 0.360. The van der Waals surface area contributed by atoms with Gasteiger partial charge < -0.3 is 15.1 Å². The SMILES string of the molecule is CC(C)NCc1cc(N2CCCN(C)CC2)ncc1Cl. The lowest BCUT2D eigenvalue weighted by atomic mass is 10.2. The van der Waals surface area contributed by atoms with E-state index in [0.717, 1.165) is 49.1 Å². The fourth-order valence-corrected chi connectivity index (χ4v) is 2.54. The summed E-state index contributed by atoms with van der Waals surface area (Å²) in [5.74, 6) is 1.05. The Kier molecular flexibility index (Phi) is 5.64. The number of anilines is 1. The van der Waals surface area contributed by atoms with E-state index in [0.29, 0.717) is 6.04 Å². The standard InChI is InChI=1S/C15H25ClN4/c1-12(2)17-10-13-9-15(18-11-14(13)16)20-6-4-5-19(3)7-8-20/h9,11-12,17H,4-8,10H2,1-3H3. The second-order valence-electron chi connectivity index (χ2n) is 5.81. The minimum absolute atomic E-state index is 0.453. The maximum atomic E-state index is 6.24. The molecule has 0 bridgehead atoms. The van der Waals surface area contributed by atoms with Gasteiger partial charge in [0.2, 0.25) is 0 Å². The van der Waals surface area contributed by atoms with Crippen LogP contribution in [0.1, 0.15) is 25.8 Å². The van der Waals surface area contributed by atoms with Gasteiger partial charge in [0, 0.05) is 38.4 Å². The van der Waals surface area contributed by atoms with Crippen molar-refractivity contribution in [3.05, 3.63) is 22.8 Å². The number of aromatic nitrogens is 1. The molecule has 0 radical (unpaired) electrons. The molecule has 1 aromatic heterocycles. The number of nitrogens with one attached hydrogen (secondary N) is 1. The second-order valence-corrected chi connectivity index (χ2v) is 6.22. The Bertz CT molecular complexity index is 436. The lowest BCUT2D eigenvalue weighted by Crippen LogP contribution is -2.29. The van der Waals surface area contributed by atoms with Crippen LogP contribution in [0, 0.1) is 0 Å². The number of hydrogen-bond acceptors (Lipinski definition) is 4. The lowest BCUT2D eigenvalue weighted by Gasteiger charge is -2.22. The number of likely N-dealkylation sites (N-methyl/N-ethyl adjacent to an activating group) is 1. The van der Waals surface area contributed by atoms with E-state index < -0.39 is 0 Å². The minimum Gasteiger partial charge on any atom is -0.355 e. The Labute approximate surface area is 127 Å². The maximum Gasteiger partial charge on any atom is 0.128 e. The molecular weight excluding hydrogens is 272 g/mol. The summed E-state index contributed by atoms with van der Waals surface area (Å²) in [7, 11) is 2.18. The van der Waals surface area contributed by atoms with Gasteiger partial charge in [-0.15, -0.1) is 0 Å². The van der Waals surface area contributed by atoms with Crippen molar-refractivity contribution in [2.75, 3.05) is 38.1 Å². The quantitative estimate of drug-likeness (QED) is 0.924. The second kappa shape index (κ2) is 7.25. The number of nitrogens with zero attached hydrogens (tertiary/aromatic N) is 3. The third-order valence-corrected chi connectivity index (χ3v) is 4.00. The molecule has 20 heavy (non-hydrogen) atoms. The topological polar surface area (TPSA) is 31.4 Å². The highest BCUT2D eigenvalue weighted by atomic mass is 35.5. The molecule has 112 valence electrons. The number of hydrogen-bond donors (Lipinski definition) is 1. The first-order valence-corrected chi connectivity index (χ1v) is 7.75. The van der Waals surface area contributed by atoms with E-state index in [2.05, 4.69) is 47.1 Å². The summed E-state index contributed by atoms with van der Waals surface area (Å²) in [6, 6.07) is 2.58. The molecule has 1 aromatic rings. The zero-order valence-corrected chi connectivity index (χ0v) is 13.5. The van der Waals surface area contributed by atoms with Crippen molar-refractivity contribution >= 4 is 17.4 Å². The molecule has 0 spiro atoms. The van der Waals surface area contributed by atoms with Gasteiger partial charge in [0.05, 0.1) is 5.02 Å². The Hall–Kier alpha value is -0.840. The smallest absolute Gasteiger partial charge is 0.128 e. The first-order chi connectivity index (χ1) is 9.56. The zero-order chi connectivity index (χ0) is 14.5. The van der Waals surface area contributed by atoms with Gasteiger partial charge in [0.1, 0.15) is 5.82 Å². The van der Waals surface area contributed by atoms with Crippen LogP contribution in [0.3, 0.4) is 0 Å². The predicted octanol–water partition coefficient (Wildman–Crippen LogP) is 2.37. The van der Waals surface area contributed by atoms with E-state index in [1.807, 2.05) is 0 Å². The van der Waals surface area contributed by atoms with E-state index in [9.17, 15) is 0 Å². The maximum absolute atomic E-state index is 6.24. The average Bonchev–Trinajstić information content (AvgIpc) is 2.62. The number of halogens is 1. The Morgan fingerprint density at radius 1 is 1.30 bits per heavy atom. The summed E-state index contributed by atoms with van der Waals surface area (Å²) in [5.41, 5.74) is 1.13. The molecule has 4 nitrogen and oxygen atoms in total. The summed E-state index contributed by atoms with van der Waals surface area (Å²) in [6.45, 7) is 9.41. The Morgan fingerprint density at radius 3 is 2.85 bits per heavy atom. The summed E-state index contributed by atoms with van der Waals surface area (Å²) in [4.78, 5) is 9.24. The van der Waals surface area contributed by atoms with Crippen molar-refractivity contribution in [2.45, 2.75) is 32.9 Å². The molecule has 5 heteroatoms. The molecule has 1 fully saturated rings. The van der Waals surface area contributed by atoms with Gasteiger partial charge in [-0.2, -0.15) is 0 Å². The van der Waals surface area contributed by atoms with Crippen LogP contribution in [0.2, 0.25) is 5.02 Å². The average molecular weight is 297 g/mol. The zero-order valence-electron chi connectivity index (χ0n) is 12.7. The summed E-state index contributed by atoms with van der Waals surface area (Å²) < 4.78 is 0. The normalized spacial score (nSPS) is 17.6.